The lowest BCUT2D eigenvalue weighted by Crippen LogP contribution is -2.49. The van der Waals surface area contributed by atoms with Crippen molar-refractivity contribution in [3.8, 4) is 11.5 Å². The van der Waals surface area contributed by atoms with E-state index >= 15 is 0 Å². The van der Waals surface area contributed by atoms with Crippen LogP contribution in [0.2, 0.25) is 0 Å². The summed E-state index contributed by atoms with van der Waals surface area (Å²) < 4.78 is 37.4. The first kappa shape index (κ1) is 25.9. The Morgan fingerprint density at radius 3 is 2.09 bits per heavy atom. The van der Waals surface area contributed by atoms with E-state index < -0.39 is 15.9 Å². The fourth-order valence-corrected chi connectivity index (χ4v) is 4.93. The molecule has 0 atom stereocenters. The van der Waals surface area contributed by atoms with Crippen molar-refractivity contribution in [2.45, 2.75) is 6.54 Å². The fraction of sp³-hybridized carbons (Fsp3) is 0.409. The van der Waals surface area contributed by atoms with Crippen LogP contribution in [0.5, 0.6) is 11.5 Å². The number of hydrogen-bond donors (Lipinski definition) is 1. The Morgan fingerprint density at radius 1 is 0.938 bits per heavy atom. The van der Waals surface area contributed by atoms with Crippen molar-refractivity contribution in [1.29, 1.82) is 0 Å². The second kappa shape index (κ2) is 12.1. The molecule has 1 fully saturated rings. The molecular weight excluding hydrogens is 454 g/mol. The molecule has 0 saturated carbocycles. The van der Waals surface area contributed by atoms with E-state index in [1.165, 1.54) is 24.1 Å². The number of amides is 1. The van der Waals surface area contributed by atoms with Gasteiger partial charge in [0.15, 0.2) is 0 Å². The normalized spacial score (nSPS) is 14.9. The Morgan fingerprint density at radius 2 is 1.53 bits per heavy atom. The van der Waals surface area contributed by atoms with Crippen LogP contribution in [0.3, 0.4) is 0 Å². The standard InChI is InChI=1S/C22H29N3O5S.ClH/c1-29-19-9-6-10-20(30-2)21(19)22(26)23-11-16-31(27,28)25-14-12-24(13-15-25)17-18-7-4-3-5-8-18;/h3-10H,11-17H2,1-2H3,(H,23,26);1H. The maximum absolute atomic E-state index is 12.7. The third kappa shape index (κ3) is 6.59. The molecule has 0 aliphatic carbocycles. The van der Waals surface area contributed by atoms with Crippen molar-refractivity contribution in [3.05, 3.63) is 59.7 Å². The third-order valence-electron chi connectivity index (χ3n) is 5.27. The molecule has 0 radical (unpaired) electrons. The van der Waals surface area contributed by atoms with Crippen LogP contribution in [0.25, 0.3) is 0 Å². The predicted molar refractivity (Wildman–Crippen MR) is 126 cm³/mol. The summed E-state index contributed by atoms with van der Waals surface area (Å²) in [5.74, 6) is 0.148. The molecule has 0 unspecified atom stereocenters. The average molecular weight is 484 g/mol. The molecule has 0 aromatic heterocycles. The van der Waals surface area contributed by atoms with Crippen LogP contribution < -0.4 is 14.8 Å². The van der Waals surface area contributed by atoms with Crippen LogP contribution >= 0.6 is 12.4 Å². The van der Waals surface area contributed by atoms with Gasteiger partial charge >= 0.3 is 0 Å². The first-order valence-electron chi connectivity index (χ1n) is 10.2. The number of ether oxygens (including phenoxy) is 2. The summed E-state index contributed by atoms with van der Waals surface area (Å²) in [6.45, 7) is 3.07. The number of methoxy groups -OCH3 is 2. The molecule has 0 spiro atoms. The number of carbonyl (C=O) groups is 1. The number of nitrogens with one attached hydrogen (secondary N) is 1. The van der Waals surface area contributed by atoms with E-state index in [0.29, 0.717) is 37.7 Å². The van der Waals surface area contributed by atoms with Gasteiger partial charge in [0.2, 0.25) is 10.0 Å². The SMILES string of the molecule is COc1cccc(OC)c1C(=O)NCCS(=O)(=O)N1CCN(Cc2ccccc2)CC1.Cl. The molecule has 1 amide bonds. The Bertz CT molecular complexity index is 958. The number of nitrogens with zero attached hydrogens (tertiary/aromatic N) is 2. The molecule has 2 aromatic rings. The van der Waals surface area contributed by atoms with Gasteiger partial charge in [-0.1, -0.05) is 36.4 Å². The summed E-state index contributed by atoms with van der Waals surface area (Å²) >= 11 is 0. The lowest BCUT2D eigenvalue weighted by atomic mass is 10.1. The maximum atomic E-state index is 12.7. The first-order chi connectivity index (χ1) is 14.9. The first-order valence-corrected chi connectivity index (χ1v) is 11.8. The second-order valence-corrected chi connectivity index (χ2v) is 9.36. The van der Waals surface area contributed by atoms with Crippen LogP contribution in [-0.4, -0.2) is 76.2 Å². The molecule has 1 saturated heterocycles. The molecule has 1 aliphatic heterocycles. The molecule has 32 heavy (non-hydrogen) atoms. The summed E-state index contributed by atoms with van der Waals surface area (Å²) in [5.41, 5.74) is 1.47. The minimum atomic E-state index is -3.46. The van der Waals surface area contributed by atoms with Gasteiger partial charge in [-0.25, -0.2) is 8.42 Å². The van der Waals surface area contributed by atoms with Crippen molar-refractivity contribution in [1.82, 2.24) is 14.5 Å². The average Bonchev–Trinajstić information content (AvgIpc) is 2.79. The molecule has 0 bridgehead atoms. The molecule has 1 aliphatic rings. The van der Waals surface area contributed by atoms with Crippen molar-refractivity contribution >= 4 is 28.3 Å². The Labute approximate surface area is 196 Å². The van der Waals surface area contributed by atoms with Crippen molar-refractivity contribution in [3.63, 3.8) is 0 Å². The van der Waals surface area contributed by atoms with Crippen LogP contribution in [0.1, 0.15) is 15.9 Å². The minimum Gasteiger partial charge on any atom is -0.496 e. The molecule has 8 nitrogen and oxygen atoms in total. The van der Waals surface area contributed by atoms with Gasteiger partial charge in [0.1, 0.15) is 17.1 Å². The van der Waals surface area contributed by atoms with Crippen LogP contribution in [0.4, 0.5) is 0 Å². The summed E-state index contributed by atoms with van der Waals surface area (Å²) in [6, 6.07) is 15.2. The van der Waals surface area contributed by atoms with Gasteiger partial charge in [0, 0.05) is 39.3 Å². The van der Waals surface area contributed by atoms with Gasteiger partial charge in [-0.15, -0.1) is 12.4 Å². The summed E-state index contributed by atoms with van der Waals surface area (Å²) in [4.78, 5) is 14.8. The van der Waals surface area contributed by atoms with E-state index in [1.54, 1.807) is 18.2 Å². The zero-order valence-electron chi connectivity index (χ0n) is 18.3. The van der Waals surface area contributed by atoms with Gasteiger partial charge in [0.25, 0.3) is 5.91 Å². The molecule has 10 heteroatoms. The molecule has 2 aromatic carbocycles. The van der Waals surface area contributed by atoms with E-state index in [2.05, 4.69) is 22.3 Å². The van der Waals surface area contributed by atoms with E-state index in [1.807, 2.05) is 18.2 Å². The van der Waals surface area contributed by atoms with Gasteiger partial charge < -0.3 is 14.8 Å². The summed E-state index contributed by atoms with van der Waals surface area (Å²) in [6.07, 6.45) is 0. The number of piperazine rings is 1. The molecular formula is C22H30ClN3O5S. The Hall–Kier alpha value is -2.33. The molecule has 1 N–H and O–H groups in total. The van der Waals surface area contributed by atoms with Gasteiger partial charge in [-0.3, -0.25) is 9.69 Å². The highest BCUT2D eigenvalue weighted by Crippen LogP contribution is 2.27. The largest absolute Gasteiger partial charge is 0.496 e. The number of carbonyl (C=O) groups excluding carboxylic acids is 1. The zero-order valence-corrected chi connectivity index (χ0v) is 20.0. The van der Waals surface area contributed by atoms with E-state index in [9.17, 15) is 13.2 Å². The van der Waals surface area contributed by atoms with Crippen LogP contribution in [-0.2, 0) is 16.6 Å². The van der Waals surface area contributed by atoms with E-state index in [0.717, 1.165) is 6.54 Å². The number of benzene rings is 2. The van der Waals surface area contributed by atoms with Crippen LogP contribution in [0, 0.1) is 0 Å². The van der Waals surface area contributed by atoms with Crippen molar-refractivity contribution < 1.29 is 22.7 Å². The number of rotatable bonds is 9. The molecule has 1 heterocycles. The number of hydrogen-bond acceptors (Lipinski definition) is 6. The highest BCUT2D eigenvalue weighted by atomic mass is 35.5. The van der Waals surface area contributed by atoms with Gasteiger partial charge in [-0.05, 0) is 17.7 Å². The smallest absolute Gasteiger partial charge is 0.258 e. The zero-order chi connectivity index (χ0) is 22.3. The van der Waals surface area contributed by atoms with E-state index in [4.69, 9.17) is 9.47 Å². The maximum Gasteiger partial charge on any atom is 0.258 e. The lowest BCUT2D eigenvalue weighted by molar-refractivity contribution is 0.0949. The highest BCUT2D eigenvalue weighted by Gasteiger charge is 2.27. The van der Waals surface area contributed by atoms with Crippen molar-refractivity contribution in [2.24, 2.45) is 0 Å². The number of sulfonamides is 1. The number of halogens is 1. The fourth-order valence-electron chi connectivity index (χ4n) is 3.59. The van der Waals surface area contributed by atoms with Gasteiger partial charge in [0.05, 0.1) is 20.0 Å². The lowest BCUT2D eigenvalue weighted by Gasteiger charge is -2.34. The molecule has 176 valence electrons. The van der Waals surface area contributed by atoms with Crippen molar-refractivity contribution in [2.75, 3.05) is 52.7 Å². The Kier molecular flexibility index (Phi) is 9.77. The minimum absolute atomic E-state index is 0. The highest BCUT2D eigenvalue weighted by molar-refractivity contribution is 7.89. The second-order valence-electron chi connectivity index (χ2n) is 7.27. The molecule has 3 rings (SSSR count). The van der Waals surface area contributed by atoms with E-state index in [-0.39, 0.29) is 30.3 Å². The Balaban J connectivity index is 0.00000363. The summed E-state index contributed by atoms with van der Waals surface area (Å²) in [5, 5.41) is 2.67. The quantitative estimate of drug-likeness (QED) is 0.587. The third-order valence-corrected chi connectivity index (χ3v) is 7.15. The predicted octanol–water partition coefficient (Wildman–Crippen LogP) is 2.00. The topological polar surface area (TPSA) is 88.2 Å². The monoisotopic (exact) mass is 483 g/mol. The van der Waals surface area contributed by atoms with Crippen LogP contribution in [0.15, 0.2) is 48.5 Å². The van der Waals surface area contributed by atoms with Gasteiger partial charge in [-0.2, -0.15) is 4.31 Å². The summed E-state index contributed by atoms with van der Waals surface area (Å²) in [7, 11) is -0.528.